The van der Waals surface area contributed by atoms with Crippen LogP contribution in [0.15, 0.2) is 46.8 Å². The Hall–Kier alpha value is -2.96. The molecule has 0 aromatic heterocycles. The van der Waals surface area contributed by atoms with Gasteiger partial charge >= 0.3 is 5.97 Å². The Morgan fingerprint density at radius 1 is 1.33 bits per heavy atom. The molecule has 0 fully saturated rings. The van der Waals surface area contributed by atoms with E-state index in [0.29, 0.717) is 35.2 Å². The van der Waals surface area contributed by atoms with Gasteiger partial charge < -0.3 is 10.1 Å². The molecule has 1 atom stereocenters. The molecule has 0 saturated carbocycles. The molecule has 1 heterocycles. The molecule has 2 aliphatic rings. The maximum Gasteiger partial charge on any atom is 0.337 e. The van der Waals surface area contributed by atoms with E-state index in [4.69, 9.17) is 4.74 Å². The predicted octanol–water partition coefficient (Wildman–Crippen LogP) is 3.51. The quantitative estimate of drug-likeness (QED) is 0.495. The Balaban J connectivity index is 2.17. The zero-order valence-electron chi connectivity index (χ0n) is 15.6. The number of hydrogen-bond acceptors (Lipinski definition) is 6. The molecule has 7 heteroatoms. The Morgan fingerprint density at radius 2 is 2.07 bits per heavy atom. The molecule has 1 aromatic rings. The van der Waals surface area contributed by atoms with Crippen molar-refractivity contribution in [3.63, 3.8) is 0 Å². The molecule has 0 unspecified atom stereocenters. The number of nitro groups is 1. The maximum atomic E-state index is 12.8. The number of ketones is 1. The number of carbonyl (C=O) groups excluding carboxylic acids is 2. The van der Waals surface area contributed by atoms with Crippen LogP contribution in [0.25, 0.3) is 0 Å². The fraction of sp³-hybridized carbons (Fsp3) is 0.400. The first kappa shape index (κ1) is 18.8. The van der Waals surface area contributed by atoms with Crippen LogP contribution in [0.5, 0.6) is 0 Å². The van der Waals surface area contributed by atoms with Crippen molar-refractivity contribution in [3.05, 3.63) is 62.5 Å². The summed E-state index contributed by atoms with van der Waals surface area (Å²) in [4.78, 5) is 36.3. The fourth-order valence-corrected chi connectivity index (χ4v) is 3.68. The molecule has 0 bridgehead atoms. The number of nitrogens with one attached hydrogen (secondary N) is 1. The van der Waals surface area contributed by atoms with Crippen LogP contribution in [0.2, 0.25) is 0 Å². The lowest BCUT2D eigenvalue weighted by Crippen LogP contribution is -2.35. The maximum absolute atomic E-state index is 12.8. The monoisotopic (exact) mass is 370 g/mol. The minimum absolute atomic E-state index is 0.0393. The molecule has 1 aromatic carbocycles. The van der Waals surface area contributed by atoms with Crippen molar-refractivity contribution in [2.75, 3.05) is 0 Å². The van der Waals surface area contributed by atoms with E-state index in [9.17, 15) is 19.7 Å². The van der Waals surface area contributed by atoms with Gasteiger partial charge in [-0.15, -0.1) is 0 Å². The van der Waals surface area contributed by atoms with E-state index in [0.717, 1.165) is 12.1 Å². The summed E-state index contributed by atoms with van der Waals surface area (Å²) in [6, 6.07) is 6.11. The Kier molecular flexibility index (Phi) is 5.12. The number of carbonyl (C=O) groups is 2. The number of rotatable bonds is 4. The molecule has 7 nitrogen and oxygen atoms in total. The average molecular weight is 370 g/mol. The van der Waals surface area contributed by atoms with Crippen LogP contribution in [-0.4, -0.2) is 22.8 Å². The molecule has 0 amide bonds. The first-order valence-corrected chi connectivity index (χ1v) is 8.99. The van der Waals surface area contributed by atoms with Gasteiger partial charge in [-0.25, -0.2) is 4.79 Å². The zero-order chi connectivity index (χ0) is 19.7. The molecule has 3 rings (SSSR count). The topological polar surface area (TPSA) is 98.5 Å². The highest BCUT2D eigenvalue weighted by atomic mass is 16.6. The van der Waals surface area contributed by atoms with E-state index in [2.05, 4.69) is 5.32 Å². The van der Waals surface area contributed by atoms with E-state index in [1.807, 2.05) is 0 Å². The third-order valence-corrected chi connectivity index (χ3v) is 4.75. The summed E-state index contributed by atoms with van der Waals surface area (Å²) < 4.78 is 5.40. The summed E-state index contributed by atoms with van der Waals surface area (Å²) in [5.74, 6) is -1.22. The van der Waals surface area contributed by atoms with Crippen LogP contribution >= 0.6 is 0 Å². The summed E-state index contributed by atoms with van der Waals surface area (Å²) in [6.45, 7) is 5.27. The molecule has 0 spiro atoms. The second kappa shape index (κ2) is 7.34. The number of esters is 1. The number of nitro benzene ring substituents is 1. The van der Waals surface area contributed by atoms with Crippen LogP contribution in [-0.2, 0) is 14.3 Å². The third kappa shape index (κ3) is 3.63. The number of allylic oxidation sites excluding steroid dienone is 3. The summed E-state index contributed by atoms with van der Waals surface area (Å²) in [5.41, 5.74) is 2.72. The first-order chi connectivity index (χ1) is 12.8. The second-order valence-corrected chi connectivity index (χ2v) is 7.07. The highest BCUT2D eigenvalue weighted by Crippen LogP contribution is 2.43. The highest BCUT2D eigenvalue weighted by Gasteiger charge is 2.39. The number of ether oxygens (including phenoxy) is 1. The van der Waals surface area contributed by atoms with Gasteiger partial charge in [-0.05, 0) is 39.2 Å². The van der Waals surface area contributed by atoms with Gasteiger partial charge in [-0.3, -0.25) is 14.9 Å². The summed E-state index contributed by atoms with van der Waals surface area (Å²) in [6.07, 6.45) is 1.53. The van der Waals surface area contributed by atoms with Gasteiger partial charge in [-0.1, -0.05) is 12.1 Å². The third-order valence-electron chi connectivity index (χ3n) is 4.75. The number of non-ortho nitro benzene ring substituents is 1. The van der Waals surface area contributed by atoms with Gasteiger partial charge in [0.05, 0.1) is 16.6 Å². The lowest BCUT2D eigenvalue weighted by atomic mass is 9.75. The number of Topliss-reactive ketones (excluding diaryl/α,β-unsaturated/α-hetero) is 1. The van der Waals surface area contributed by atoms with Gasteiger partial charge in [0.15, 0.2) is 5.78 Å². The van der Waals surface area contributed by atoms with Gasteiger partial charge in [0.25, 0.3) is 5.69 Å². The molecule has 1 N–H and O–H groups in total. The minimum atomic E-state index is -0.666. The van der Waals surface area contributed by atoms with E-state index in [-0.39, 0.29) is 17.6 Å². The van der Waals surface area contributed by atoms with Crippen molar-refractivity contribution in [3.8, 4) is 0 Å². The molecule has 0 saturated heterocycles. The highest BCUT2D eigenvalue weighted by molar-refractivity contribution is 6.03. The lowest BCUT2D eigenvalue weighted by molar-refractivity contribution is -0.384. The largest absolute Gasteiger partial charge is 0.460 e. The van der Waals surface area contributed by atoms with Gasteiger partial charge in [0.2, 0.25) is 0 Å². The average Bonchev–Trinajstić information content (AvgIpc) is 2.60. The number of benzene rings is 1. The van der Waals surface area contributed by atoms with Crippen LogP contribution in [0.4, 0.5) is 5.69 Å². The van der Waals surface area contributed by atoms with E-state index >= 15 is 0 Å². The Morgan fingerprint density at radius 3 is 2.74 bits per heavy atom. The van der Waals surface area contributed by atoms with Crippen molar-refractivity contribution in [1.29, 1.82) is 0 Å². The summed E-state index contributed by atoms with van der Waals surface area (Å²) >= 11 is 0. The summed E-state index contributed by atoms with van der Waals surface area (Å²) in [7, 11) is 0. The molecular formula is C20H22N2O5. The van der Waals surface area contributed by atoms with Crippen molar-refractivity contribution in [1.82, 2.24) is 5.32 Å². The molecular weight excluding hydrogens is 348 g/mol. The van der Waals surface area contributed by atoms with E-state index in [1.165, 1.54) is 12.1 Å². The van der Waals surface area contributed by atoms with Crippen molar-refractivity contribution < 1.29 is 19.2 Å². The second-order valence-electron chi connectivity index (χ2n) is 7.07. The van der Waals surface area contributed by atoms with Crippen LogP contribution in [0.1, 0.15) is 51.5 Å². The lowest BCUT2D eigenvalue weighted by Gasteiger charge is -2.34. The Bertz CT molecular complexity index is 882. The molecule has 27 heavy (non-hydrogen) atoms. The standard InChI is InChI=1S/C20H22N2O5/c1-11(2)27-20(24)17-12(3)21-15-8-5-9-16(23)19(15)18(17)13-6-4-7-14(10-13)22(25)26/h4,6-7,10-11,18,21H,5,8-9H2,1-3H3/t18-/m0/s1. The first-order valence-electron chi connectivity index (χ1n) is 8.99. The van der Waals surface area contributed by atoms with Crippen LogP contribution < -0.4 is 5.32 Å². The van der Waals surface area contributed by atoms with Crippen molar-refractivity contribution in [2.24, 2.45) is 0 Å². The van der Waals surface area contributed by atoms with Crippen LogP contribution in [0.3, 0.4) is 0 Å². The number of hydrogen-bond donors (Lipinski definition) is 1. The predicted molar refractivity (Wildman–Crippen MR) is 98.8 cm³/mol. The van der Waals surface area contributed by atoms with E-state index in [1.54, 1.807) is 32.9 Å². The van der Waals surface area contributed by atoms with Crippen LogP contribution in [0, 0.1) is 10.1 Å². The van der Waals surface area contributed by atoms with Gasteiger partial charge in [-0.2, -0.15) is 0 Å². The van der Waals surface area contributed by atoms with E-state index < -0.39 is 16.8 Å². The van der Waals surface area contributed by atoms with Gasteiger partial charge in [0.1, 0.15) is 0 Å². The molecule has 142 valence electrons. The van der Waals surface area contributed by atoms with Crippen molar-refractivity contribution >= 4 is 17.4 Å². The number of nitrogens with zero attached hydrogens (tertiary/aromatic N) is 1. The zero-order valence-corrected chi connectivity index (χ0v) is 15.6. The molecule has 1 aliphatic carbocycles. The fourth-order valence-electron chi connectivity index (χ4n) is 3.68. The van der Waals surface area contributed by atoms with Gasteiger partial charge in [0, 0.05) is 41.4 Å². The smallest absolute Gasteiger partial charge is 0.337 e. The summed E-state index contributed by atoms with van der Waals surface area (Å²) in [5, 5.41) is 14.4. The minimum Gasteiger partial charge on any atom is -0.460 e. The Labute approximate surface area is 157 Å². The normalized spacial score (nSPS) is 19.7. The van der Waals surface area contributed by atoms with Crippen molar-refractivity contribution in [2.45, 2.75) is 52.1 Å². The number of dihydropyridines is 1. The molecule has 1 aliphatic heterocycles. The SMILES string of the molecule is CC1=C(C(=O)OC(C)C)[C@H](c2cccc([N+](=O)[O-])c2)C2=C(CCCC2=O)N1. The molecule has 0 radical (unpaired) electrons.